The average Bonchev–Trinajstić information content (AvgIpc) is 2.35. The van der Waals surface area contributed by atoms with Gasteiger partial charge >= 0.3 is 0 Å². The quantitative estimate of drug-likeness (QED) is 0.602. The fourth-order valence-corrected chi connectivity index (χ4v) is 2.24. The molecule has 1 aliphatic heterocycles. The summed E-state index contributed by atoms with van der Waals surface area (Å²) in [6.45, 7) is 5.40. The highest BCUT2D eigenvalue weighted by atomic mass is 16.5. The van der Waals surface area contributed by atoms with Gasteiger partial charge in [-0.1, -0.05) is 13.3 Å². The maximum Gasteiger partial charge on any atom is 0.0697 e. The van der Waals surface area contributed by atoms with Gasteiger partial charge in [0.1, 0.15) is 0 Å². The zero-order valence-electron chi connectivity index (χ0n) is 11.0. The lowest BCUT2D eigenvalue weighted by Crippen LogP contribution is -2.39. The third kappa shape index (κ3) is 6.99. The molecule has 4 heteroatoms. The third-order valence-electron chi connectivity index (χ3n) is 3.11. The molecule has 4 nitrogen and oxygen atoms in total. The first kappa shape index (κ1) is 14.9. The lowest BCUT2D eigenvalue weighted by atomic mass is 10.00. The average molecular weight is 245 g/mol. The van der Waals surface area contributed by atoms with Crippen LogP contribution < -0.4 is 5.32 Å². The van der Waals surface area contributed by atoms with Crippen molar-refractivity contribution >= 4 is 0 Å². The van der Waals surface area contributed by atoms with Crippen LogP contribution in [0.3, 0.4) is 0 Å². The minimum absolute atomic E-state index is 0.117. The first-order valence-corrected chi connectivity index (χ1v) is 6.90. The van der Waals surface area contributed by atoms with Crippen LogP contribution in [0, 0.1) is 0 Å². The van der Waals surface area contributed by atoms with Crippen molar-refractivity contribution in [1.29, 1.82) is 0 Å². The van der Waals surface area contributed by atoms with Crippen molar-refractivity contribution < 1.29 is 14.6 Å². The normalized spacial score (nSPS) is 25.1. The molecule has 2 unspecified atom stereocenters. The van der Waals surface area contributed by atoms with Gasteiger partial charge in [-0.05, 0) is 32.2 Å². The number of nitrogens with one attached hydrogen (secondary N) is 1. The van der Waals surface area contributed by atoms with E-state index in [4.69, 9.17) is 14.6 Å². The predicted molar refractivity (Wildman–Crippen MR) is 68.2 cm³/mol. The Labute approximate surface area is 105 Å². The molecule has 2 atom stereocenters. The number of ether oxygens (including phenoxy) is 2. The van der Waals surface area contributed by atoms with E-state index in [1.807, 2.05) is 0 Å². The summed E-state index contributed by atoms with van der Waals surface area (Å²) < 4.78 is 10.9. The Bertz CT molecular complexity index is 176. The molecule has 0 amide bonds. The van der Waals surface area contributed by atoms with E-state index in [1.54, 1.807) is 0 Å². The minimum Gasteiger partial charge on any atom is -0.394 e. The minimum atomic E-state index is 0.117. The van der Waals surface area contributed by atoms with Crippen LogP contribution in [0.5, 0.6) is 0 Å². The maximum atomic E-state index is 8.55. The number of aliphatic hydroxyl groups is 1. The summed E-state index contributed by atoms with van der Waals surface area (Å²) in [4.78, 5) is 0. The lowest BCUT2D eigenvalue weighted by molar-refractivity contribution is -0.00350. The monoisotopic (exact) mass is 245 g/mol. The Kier molecular flexibility index (Phi) is 8.61. The molecule has 0 spiro atoms. The van der Waals surface area contributed by atoms with Crippen LogP contribution in [0.15, 0.2) is 0 Å². The fraction of sp³-hybridized carbons (Fsp3) is 1.00. The van der Waals surface area contributed by atoms with Crippen LogP contribution in [0.1, 0.15) is 39.0 Å². The second kappa shape index (κ2) is 9.83. The van der Waals surface area contributed by atoms with Gasteiger partial charge in [0.05, 0.1) is 19.3 Å². The van der Waals surface area contributed by atoms with E-state index < -0.39 is 0 Å². The molecule has 1 rings (SSSR count). The molecule has 0 saturated carbocycles. The summed E-state index contributed by atoms with van der Waals surface area (Å²) in [5.74, 6) is 0. The van der Waals surface area contributed by atoms with Gasteiger partial charge < -0.3 is 19.9 Å². The summed E-state index contributed by atoms with van der Waals surface area (Å²) in [6, 6.07) is 0.609. The molecule has 0 bridgehead atoms. The Hall–Kier alpha value is -0.160. The Morgan fingerprint density at radius 1 is 1.41 bits per heavy atom. The van der Waals surface area contributed by atoms with E-state index in [1.165, 1.54) is 12.8 Å². The molecular formula is C13H27NO3. The number of rotatable bonds is 9. The molecule has 2 N–H and O–H groups in total. The maximum absolute atomic E-state index is 8.55. The molecule has 0 aromatic heterocycles. The van der Waals surface area contributed by atoms with Gasteiger partial charge in [0.25, 0.3) is 0 Å². The van der Waals surface area contributed by atoms with Gasteiger partial charge in [0.15, 0.2) is 0 Å². The first-order valence-electron chi connectivity index (χ1n) is 6.90. The molecule has 17 heavy (non-hydrogen) atoms. The number of hydrogen-bond acceptors (Lipinski definition) is 4. The second-order valence-electron chi connectivity index (χ2n) is 4.65. The Morgan fingerprint density at radius 2 is 2.29 bits per heavy atom. The predicted octanol–water partition coefficient (Wildman–Crippen LogP) is 1.32. The van der Waals surface area contributed by atoms with Crippen LogP contribution in [-0.4, -0.2) is 50.2 Å². The summed E-state index contributed by atoms with van der Waals surface area (Å²) in [5, 5.41) is 12.1. The molecule has 0 aromatic carbocycles. The van der Waals surface area contributed by atoms with Crippen molar-refractivity contribution in [2.45, 2.75) is 51.2 Å². The molecule has 1 fully saturated rings. The van der Waals surface area contributed by atoms with Gasteiger partial charge in [-0.2, -0.15) is 0 Å². The molecule has 1 saturated heterocycles. The zero-order chi connectivity index (χ0) is 12.3. The van der Waals surface area contributed by atoms with Crippen LogP contribution in [0.2, 0.25) is 0 Å². The van der Waals surface area contributed by atoms with E-state index in [0.29, 0.717) is 18.8 Å². The zero-order valence-corrected chi connectivity index (χ0v) is 11.0. The van der Waals surface area contributed by atoms with E-state index in [2.05, 4.69) is 12.2 Å². The van der Waals surface area contributed by atoms with E-state index in [0.717, 1.165) is 39.0 Å². The van der Waals surface area contributed by atoms with Crippen LogP contribution in [0.4, 0.5) is 0 Å². The van der Waals surface area contributed by atoms with Crippen LogP contribution in [-0.2, 0) is 9.47 Å². The van der Waals surface area contributed by atoms with Gasteiger partial charge in [-0.15, -0.1) is 0 Å². The van der Waals surface area contributed by atoms with Crippen molar-refractivity contribution in [3.63, 3.8) is 0 Å². The van der Waals surface area contributed by atoms with E-state index in [9.17, 15) is 0 Å². The summed E-state index contributed by atoms with van der Waals surface area (Å²) >= 11 is 0. The van der Waals surface area contributed by atoms with Gasteiger partial charge in [-0.25, -0.2) is 0 Å². The second-order valence-corrected chi connectivity index (χ2v) is 4.65. The molecular weight excluding hydrogens is 218 g/mol. The van der Waals surface area contributed by atoms with E-state index >= 15 is 0 Å². The molecule has 1 heterocycles. The van der Waals surface area contributed by atoms with Crippen molar-refractivity contribution in [2.75, 3.05) is 33.0 Å². The summed E-state index contributed by atoms with van der Waals surface area (Å²) in [5.41, 5.74) is 0. The highest BCUT2D eigenvalue weighted by Gasteiger charge is 2.20. The van der Waals surface area contributed by atoms with Crippen LogP contribution >= 0.6 is 0 Å². The summed E-state index contributed by atoms with van der Waals surface area (Å²) in [7, 11) is 0. The highest BCUT2D eigenvalue weighted by molar-refractivity contribution is 4.76. The van der Waals surface area contributed by atoms with Crippen molar-refractivity contribution in [2.24, 2.45) is 0 Å². The highest BCUT2D eigenvalue weighted by Crippen LogP contribution is 2.17. The first-order chi connectivity index (χ1) is 8.36. The number of hydrogen-bond donors (Lipinski definition) is 2. The summed E-state index contributed by atoms with van der Waals surface area (Å²) in [6.07, 6.45) is 6.11. The smallest absolute Gasteiger partial charge is 0.0697 e. The Morgan fingerprint density at radius 3 is 3.06 bits per heavy atom. The Balaban J connectivity index is 1.98. The fourth-order valence-electron chi connectivity index (χ4n) is 2.24. The molecule has 1 aliphatic rings. The lowest BCUT2D eigenvalue weighted by Gasteiger charge is -2.30. The number of aliphatic hydroxyl groups excluding tert-OH is 1. The van der Waals surface area contributed by atoms with Crippen molar-refractivity contribution in [3.8, 4) is 0 Å². The van der Waals surface area contributed by atoms with Gasteiger partial charge in [0.2, 0.25) is 0 Å². The largest absolute Gasteiger partial charge is 0.394 e. The molecule has 0 radical (unpaired) electrons. The van der Waals surface area contributed by atoms with Crippen molar-refractivity contribution in [1.82, 2.24) is 5.32 Å². The third-order valence-corrected chi connectivity index (χ3v) is 3.11. The molecule has 102 valence electrons. The molecule has 0 aromatic rings. The van der Waals surface area contributed by atoms with Crippen molar-refractivity contribution in [3.05, 3.63) is 0 Å². The van der Waals surface area contributed by atoms with Gasteiger partial charge in [0, 0.05) is 19.3 Å². The molecule has 0 aliphatic carbocycles. The van der Waals surface area contributed by atoms with Crippen LogP contribution in [0.25, 0.3) is 0 Å². The topological polar surface area (TPSA) is 50.7 Å². The standard InChI is InChI=1S/C13H27NO3/c1-2-4-13-11-12(5-9-17-13)14-6-3-8-16-10-7-15/h12-15H,2-11H2,1H3. The SMILES string of the molecule is CCCC1CC(NCCCOCCO)CCO1. The van der Waals surface area contributed by atoms with Gasteiger partial charge in [-0.3, -0.25) is 0 Å². The van der Waals surface area contributed by atoms with E-state index in [-0.39, 0.29) is 6.61 Å².